The highest BCUT2D eigenvalue weighted by molar-refractivity contribution is 6.30. The molecule has 112 valence electrons. The first kappa shape index (κ1) is 14.5. The lowest BCUT2D eigenvalue weighted by Gasteiger charge is -2.58. The third kappa shape index (κ3) is 2.80. The van der Waals surface area contributed by atoms with E-state index in [1.807, 2.05) is 36.1 Å². The van der Waals surface area contributed by atoms with Gasteiger partial charge in [0, 0.05) is 42.3 Å². The van der Waals surface area contributed by atoms with E-state index in [1.165, 1.54) is 17.7 Å². The van der Waals surface area contributed by atoms with Crippen molar-refractivity contribution < 1.29 is 4.79 Å². The van der Waals surface area contributed by atoms with Gasteiger partial charge < -0.3 is 9.80 Å². The first-order chi connectivity index (χ1) is 10.1. The van der Waals surface area contributed by atoms with E-state index in [0.29, 0.717) is 18.5 Å². The molecule has 3 nitrogen and oxygen atoms in total. The highest BCUT2D eigenvalue weighted by Crippen LogP contribution is 2.36. The van der Waals surface area contributed by atoms with E-state index in [4.69, 9.17) is 11.6 Å². The number of rotatable bonds is 3. The second kappa shape index (κ2) is 5.72. The number of halogens is 1. The lowest BCUT2D eigenvalue weighted by molar-refractivity contribution is -0.140. The second-order valence-electron chi connectivity index (χ2n) is 5.94. The van der Waals surface area contributed by atoms with Gasteiger partial charge in [0.2, 0.25) is 5.91 Å². The van der Waals surface area contributed by atoms with Gasteiger partial charge in [0.15, 0.2) is 0 Å². The smallest absolute Gasteiger partial charge is 0.222 e. The molecule has 21 heavy (non-hydrogen) atoms. The van der Waals surface area contributed by atoms with Crippen LogP contribution in [0.5, 0.6) is 0 Å². The molecule has 2 unspecified atom stereocenters. The Labute approximate surface area is 131 Å². The molecule has 3 heterocycles. The second-order valence-corrected chi connectivity index (χ2v) is 6.38. The van der Waals surface area contributed by atoms with Crippen molar-refractivity contribution in [1.29, 1.82) is 0 Å². The van der Waals surface area contributed by atoms with Crippen LogP contribution in [0, 0.1) is 0 Å². The summed E-state index contributed by atoms with van der Waals surface area (Å²) in [4.78, 5) is 16.3. The zero-order valence-electron chi connectivity index (χ0n) is 12.6. The molecular weight excluding hydrogens is 284 g/mol. The molecule has 0 aromatic heterocycles. The topological polar surface area (TPSA) is 23.6 Å². The molecule has 1 aromatic rings. The number of carbonyl (C=O) groups excluding carboxylic acids is 1. The van der Waals surface area contributed by atoms with Gasteiger partial charge >= 0.3 is 0 Å². The molecule has 2 bridgehead atoms. The third-order valence-electron chi connectivity index (χ3n) is 4.50. The average molecular weight is 305 g/mol. The molecule has 3 aliphatic heterocycles. The molecule has 1 amide bonds. The minimum Gasteiger partial charge on any atom is -0.365 e. The van der Waals surface area contributed by atoms with E-state index in [0.717, 1.165) is 18.1 Å². The van der Waals surface area contributed by atoms with Crippen molar-refractivity contribution in [3.05, 3.63) is 40.5 Å². The highest BCUT2D eigenvalue weighted by atomic mass is 35.5. The lowest BCUT2D eigenvalue weighted by atomic mass is 9.86. The minimum atomic E-state index is 0.281. The maximum absolute atomic E-state index is 11.8. The summed E-state index contributed by atoms with van der Waals surface area (Å²) in [5.41, 5.74) is 2.45. The van der Waals surface area contributed by atoms with E-state index >= 15 is 0 Å². The van der Waals surface area contributed by atoms with Crippen molar-refractivity contribution >= 4 is 23.6 Å². The Morgan fingerprint density at radius 2 is 1.90 bits per heavy atom. The molecule has 0 aliphatic carbocycles. The summed E-state index contributed by atoms with van der Waals surface area (Å²) in [7, 11) is 0. The van der Waals surface area contributed by atoms with Gasteiger partial charge in [-0.05, 0) is 37.1 Å². The van der Waals surface area contributed by atoms with Gasteiger partial charge in [0.1, 0.15) is 0 Å². The fourth-order valence-electron chi connectivity index (χ4n) is 3.49. The predicted octanol–water partition coefficient (Wildman–Crippen LogP) is 3.40. The number of benzene rings is 1. The van der Waals surface area contributed by atoms with Crippen LogP contribution >= 0.6 is 11.6 Å². The third-order valence-corrected chi connectivity index (χ3v) is 4.75. The summed E-state index contributed by atoms with van der Waals surface area (Å²) in [6, 6.07) is 8.88. The van der Waals surface area contributed by atoms with Gasteiger partial charge in [-0.2, -0.15) is 0 Å². The SMILES string of the molecule is CCC(=O)N1CC2CC(C1)N2C(C)=Cc1ccc(Cl)cc1. The number of fused-ring (bicyclic) bond motifs is 2. The van der Waals surface area contributed by atoms with Crippen LogP contribution in [0.3, 0.4) is 0 Å². The zero-order chi connectivity index (χ0) is 15.0. The van der Waals surface area contributed by atoms with Crippen molar-refractivity contribution in [2.24, 2.45) is 0 Å². The van der Waals surface area contributed by atoms with Crippen LogP contribution in [0.15, 0.2) is 30.0 Å². The normalized spacial score (nSPS) is 24.8. The summed E-state index contributed by atoms with van der Waals surface area (Å²) < 4.78 is 0. The van der Waals surface area contributed by atoms with Gasteiger partial charge in [0.25, 0.3) is 0 Å². The van der Waals surface area contributed by atoms with Gasteiger partial charge in [-0.25, -0.2) is 0 Å². The average Bonchev–Trinajstić information content (AvgIpc) is 2.48. The van der Waals surface area contributed by atoms with Crippen molar-refractivity contribution in [2.45, 2.75) is 38.8 Å². The lowest BCUT2D eigenvalue weighted by Crippen LogP contribution is -2.68. The number of piperazine rings is 1. The highest BCUT2D eigenvalue weighted by Gasteiger charge is 2.45. The van der Waals surface area contributed by atoms with E-state index in [9.17, 15) is 4.79 Å². The maximum atomic E-state index is 11.8. The van der Waals surface area contributed by atoms with Crippen LogP contribution in [0.4, 0.5) is 0 Å². The van der Waals surface area contributed by atoms with Gasteiger partial charge in [-0.3, -0.25) is 4.79 Å². The molecule has 1 aromatic carbocycles. The number of amides is 1. The maximum Gasteiger partial charge on any atom is 0.222 e. The van der Waals surface area contributed by atoms with Gasteiger partial charge in [-0.15, -0.1) is 0 Å². The molecule has 3 saturated heterocycles. The number of nitrogens with zero attached hydrogens (tertiary/aromatic N) is 2. The van der Waals surface area contributed by atoms with Crippen molar-refractivity contribution in [3.63, 3.8) is 0 Å². The Bertz CT molecular complexity index is 555. The first-order valence-electron chi connectivity index (χ1n) is 7.58. The monoisotopic (exact) mass is 304 g/mol. The minimum absolute atomic E-state index is 0.281. The predicted molar refractivity (Wildman–Crippen MR) is 86.0 cm³/mol. The summed E-state index contributed by atoms with van der Waals surface area (Å²) in [6.45, 7) is 5.83. The van der Waals surface area contributed by atoms with E-state index in [1.54, 1.807) is 0 Å². The Kier molecular flexibility index (Phi) is 3.94. The zero-order valence-corrected chi connectivity index (χ0v) is 13.3. The largest absolute Gasteiger partial charge is 0.365 e. The summed E-state index contributed by atoms with van der Waals surface area (Å²) in [5, 5.41) is 0.763. The number of allylic oxidation sites excluding steroid dienone is 1. The van der Waals surface area contributed by atoms with Crippen molar-refractivity contribution in [1.82, 2.24) is 9.80 Å². The molecule has 4 heteroatoms. The number of carbonyl (C=O) groups is 1. The molecule has 0 saturated carbocycles. The molecule has 0 radical (unpaired) electrons. The van der Waals surface area contributed by atoms with Crippen LogP contribution in [-0.2, 0) is 4.79 Å². The summed E-state index contributed by atoms with van der Waals surface area (Å²) in [6.07, 6.45) is 4.02. The van der Waals surface area contributed by atoms with Crippen LogP contribution in [0.2, 0.25) is 5.02 Å². The van der Waals surface area contributed by atoms with E-state index in [-0.39, 0.29) is 5.91 Å². The quantitative estimate of drug-likeness (QED) is 0.854. The number of hydrogen-bond donors (Lipinski definition) is 0. The molecule has 2 atom stereocenters. The van der Waals surface area contributed by atoms with Crippen LogP contribution in [0.1, 0.15) is 32.3 Å². The molecule has 3 aliphatic rings. The summed E-state index contributed by atoms with van der Waals surface area (Å²) >= 11 is 5.92. The van der Waals surface area contributed by atoms with Crippen molar-refractivity contribution in [3.8, 4) is 0 Å². The van der Waals surface area contributed by atoms with Gasteiger partial charge in [-0.1, -0.05) is 30.7 Å². The molecular formula is C17H21ClN2O. The number of piperidine rings is 1. The number of hydrogen-bond acceptors (Lipinski definition) is 2. The Morgan fingerprint density at radius 3 is 2.48 bits per heavy atom. The fourth-order valence-corrected chi connectivity index (χ4v) is 3.61. The Hall–Kier alpha value is -1.48. The molecule has 0 N–H and O–H groups in total. The van der Waals surface area contributed by atoms with E-state index in [2.05, 4.69) is 17.9 Å². The Morgan fingerprint density at radius 1 is 1.29 bits per heavy atom. The van der Waals surface area contributed by atoms with Crippen LogP contribution < -0.4 is 0 Å². The molecule has 0 spiro atoms. The van der Waals surface area contributed by atoms with Gasteiger partial charge in [0.05, 0.1) is 0 Å². The Balaban J connectivity index is 1.69. The molecule has 4 rings (SSSR count). The standard InChI is InChI=1S/C17H21ClN2O/c1-3-17(21)19-10-15-9-16(11-19)20(15)12(2)8-13-4-6-14(18)7-5-13/h4-8,15-16H,3,9-11H2,1-2H3. The van der Waals surface area contributed by atoms with Crippen LogP contribution in [0.25, 0.3) is 6.08 Å². The first-order valence-corrected chi connectivity index (χ1v) is 7.96. The molecule has 3 fully saturated rings. The fraction of sp³-hybridized carbons (Fsp3) is 0.471. The summed E-state index contributed by atoms with van der Waals surface area (Å²) in [5.74, 6) is 0.281. The van der Waals surface area contributed by atoms with Crippen molar-refractivity contribution in [2.75, 3.05) is 13.1 Å². The van der Waals surface area contributed by atoms with E-state index < -0.39 is 0 Å². The van der Waals surface area contributed by atoms with Crippen LogP contribution in [-0.4, -0.2) is 40.9 Å².